The molecule has 0 saturated heterocycles. The summed E-state index contributed by atoms with van der Waals surface area (Å²) in [5, 5.41) is 1.05. The van der Waals surface area contributed by atoms with Crippen LogP contribution in [0.15, 0.2) is 158 Å². The molecule has 0 radical (unpaired) electrons. The lowest BCUT2D eigenvalue weighted by molar-refractivity contribution is 1.23. The van der Waals surface area contributed by atoms with E-state index in [1.54, 1.807) is 0 Å². The molecule has 2 nitrogen and oxygen atoms in total. The van der Waals surface area contributed by atoms with Crippen LogP contribution >= 0.6 is 0 Å². The van der Waals surface area contributed by atoms with Crippen LogP contribution < -0.4 is 0 Å². The first kappa shape index (κ1) is 23.8. The van der Waals surface area contributed by atoms with Crippen molar-refractivity contribution in [3.05, 3.63) is 158 Å². The molecule has 188 valence electrons. The molecular formula is C38H26N2. The Morgan fingerprint density at radius 1 is 0.325 bits per heavy atom. The summed E-state index contributed by atoms with van der Waals surface area (Å²) in [5.74, 6) is 0.744. The van der Waals surface area contributed by atoms with Crippen LogP contribution in [0.25, 0.3) is 66.8 Å². The third kappa shape index (κ3) is 4.79. The number of aromatic nitrogens is 2. The smallest absolute Gasteiger partial charge is 0.159 e. The minimum absolute atomic E-state index is 0.744. The van der Waals surface area contributed by atoms with Gasteiger partial charge in [0.1, 0.15) is 0 Å². The monoisotopic (exact) mass is 510 g/mol. The molecule has 7 aromatic rings. The van der Waals surface area contributed by atoms with E-state index in [0.717, 1.165) is 22.3 Å². The zero-order valence-corrected chi connectivity index (χ0v) is 21.9. The molecule has 1 heterocycles. The SMILES string of the molecule is c1ccc(-c2cc(-c3ccccc3)cc(-c3ccc(-c4ccc(-c5ncc6ccccc6n5)cc4)cc3)c2)cc1. The Bertz CT molecular complexity index is 1850. The van der Waals surface area contributed by atoms with Crippen molar-refractivity contribution in [2.45, 2.75) is 0 Å². The molecule has 0 amide bonds. The highest BCUT2D eigenvalue weighted by molar-refractivity contribution is 5.82. The van der Waals surface area contributed by atoms with Gasteiger partial charge in [0.15, 0.2) is 5.82 Å². The van der Waals surface area contributed by atoms with Gasteiger partial charge in [-0.25, -0.2) is 9.97 Å². The zero-order valence-electron chi connectivity index (χ0n) is 21.9. The molecule has 7 rings (SSSR count). The van der Waals surface area contributed by atoms with Gasteiger partial charge < -0.3 is 0 Å². The second-order valence-corrected chi connectivity index (χ2v) is 9.94. The van der Waals surface area contributed by atoms with E-state index in [1.807, 2.05) is 30.5 Å². The Morgan fingerprint density at radius 2 is 0.725 bits per heavy atom. The summed E-state index contributed by atoms with van der Waals surface area (Å²) in [6, 6.07) is 53.4. The van der Waals surface area contributed by atoms with Crippen molar-refractivity contribution in [3.8, 4) is 55.9 Å². The van der Waals surface area contributed by atoms with Gasteiger partial charge >= 0.3 is 0 Å². The lowest BCUT2D eigenvalue weighted by Gasteiger charge is -2.12. The molecule has 0 aliphatic heterocycles. The lowest BCUT2D eigenvalue weighted by Crippen LogP contribution is -1.90. The maximum absolute atomic E-state index is 4.74. The summed E-state index contributed by atoms with van der Waals surface area (Å²) in [7, 11) is 0. The Morgan fingerprint density at radius 3 is 1.25 bits per heavy atom. The van der Waals surface area contributed by atoms with Crippen molar-refractivity contribution in [3.63, 3.8) is 0 Å². The molecule has 0 saturated carbocycles. The van der Waals surface area contributed by atoms with E-state index < -0.39 is 0 Å². The Labute approximate surface area is 234 Å². The average Bonchev–Trinajstić information content (AvgIpc) is 3.05. The van der Waals surface area contributed by atoms with Crippen LogP contribution in [0, 0.1) is 0 Å². The summed E-state index contributed by atoms with van der Waals surface area (Å²) in [6.45, 7) is 0. The predicted molar refractivity (Wildman–Crippen MR) is 167 cm³/mol. The number of rotatable bonds is 5. The summed E-state index contributed by atoms with van der Waals surface area (Å²) < 4.78 is 0. The lowest BCUT2D eigenvalue weighted by atomic mass is 9.92. The molecule has 1 aromatic heterocycles. The van der Waals surface area contributed by atoms with Crippen LogP contribution in [0.1, 0.15) is 0 Å². The van der Waals surface area contributed by atoms with E-state index in [-0.39, 0.29) is 0 Å². The molecule has 6 aromatic carbocycles. The average molecular weight is 511 g/mol. The van der Waals surface area contributed by atoms with E-state index >= 15 is 0 Å². The molecule has 0 unspecified atom stereocenters. The van der Waals surface area contributed by atoms with E-state index in [0.29, 0.717) is 0 Å². The standard InChI is InChI=1S/C38H26N2/c1-3-9-27(10-4-1)34-23-35(28-11-5-2-6-12-28)25-36(24-34)31-17-15-29(16-18-31)30-19-21-32(22-20-30)38-39-26-33-13-7-8-14-37(33)40-38/h1-26H. The van der Waals surface area contributed by atoms with E-state index in [9.17, 15) is 0 Å². The Hall–Kier alpha value is -5.34. The van der Waals surface area contributed by atoms with Crippen molar-refractivity contribution >= 4 is 10.9 Å². The number of hydrogen-bond acceptors (Lipinski definition) is 2. The summed E-state index contributed by atoms with van der Waals surface area (Å²) in [4.78, 5) is 9.31. The molecule has 0 aliphatic carbocycles. The van der Waals surface area contributed by atoms with Crippen molar-refractivity contribution in [1.29, 1.82) is 0 Å². The number of hydrogen-bond donors (Lipinski definition) is 0. The Kier molecular flexibility index (Phi) is 6.20. The molecular weight excluding hydrogens is 484 g/mol. The van der Waals surface area contributed by atoms with Crippen LogP contribution in [0.3, 0.4) is 0 Å². The van der Waals surface area contributed by atoms with Gasteiger partial charge in [-0.15, -0.1) is 0 Å². The van der Waals surface area contributed by atoms with Crippen LogP contribution in [0.2, 0.25) is 0 Å². The van der Waals surface area contributed by atoms with Gasteiger partial charge in [-0.1, -0.05) is 127 Å². The van der Waals surface area contributed by atoms with E-state index in [4.69, 9.17) is 4.98 Å². The first-order valence-corrected chi connectivity index (χ1v) is 13.5. The van der Waals surface area contributed by atoms with Crippen LogP contribution in [-0.2, 0) is 0 Å². The molecule has 0 spiro atoms. The second kappa shape index (κ2) is 10.4. The fourth-order valence-corrected chi connectivity index (χ4v) is 5.17. The third-order valence-corrected chi connectivity index (χ3v) is 7.33. The maximum atomic E-state index is 4.74. The quantitative estimate of drug-likeness (QED) is 0.230. The van der Waals surface area contributed by atoms with Gasteiger partial charge in [-0.2, -0.15) is 0 Å². The van der Waals surface area contributed by atoms with Gasteiger partial charge in [-0.3, -0.25) is 0 Å². The van der Waals surface area contributed by atoms with E-state index in [1.165, 1.54) is 44.5 Å². The highest BCUT2D eigenvalue weighted by atomic mass is 14.9. The van der Waals surface area contributed by atoms with Gasteiger partial charge in [0.25, 0.3) is 0 Å². The number of nitrogens with zero attached hydrogens (tertiary/aromatic N) is 2. The highest BCUT2D eigenvalue weighted by Crippen LogP contribution is 2.34. The Balaban J connectivity index is 1.20. The van der Waals surface area contributed by atoms with Gasteiger partial charge in [0.05, 0.1) is 5.52 Å². The number of benzene rings is 6. The summed E-state index contributed by atoms with van der Waals surface area (Å²) in [5.41, 5.74) is 11.6. The largest absolute Gasteiger partial charge is 0.236 e. The van der Waals surface area contributed by atoms with Crippen LogP contribution in [0.4, 0.5) is 0 Å². The maximum Gasteiger partial charge on any atom is 0.159 e. The van der Waals surface area contributed by atoms with Gasteiger partial charge in [-0.05, 0) is 68.8 Å². The summed E-state index contributed by atoms with van der Waals surface area (Å²) in [6.07, 6.45) is 1.89. The summed E-state index contributed by atoms with van der Waals surface area (Å²) >= 11 is 0. The molecule has 0 aliphatic rings. The molecule has 2 heteroatoms. The predicted octanol–water partition coefficient (Wildman–Crippen LogP) is 9.96. The molecule has 0 fully saturated rings. The third-order valence-electron chi connectivity index (χ3n) is 7.33. The van der Waals surface area contributed by atoms with Crippen molar-refractivity contribution in [2.24, 2.45) is 0 Å². The zero-order chi connectivity index (χ0) is 26.7. The van der Waals surface area contributed by atoms with E-state index in [2.05, 4.69) is 132 Å². The topological polar surface area (TPSA) is 25.8 Å². The number of para-hydroxylation sites is 1. The first-order valence-electron chi connectivity index (χ1n) is 13.5. The van der Waals surface area contributed by atoms with Gasteiger partial charge in [0, 0.05) is 17.1 Å². The highest BCUT2D eigenvalue weighted by Gasteiger charge is 2.09. The molecule has 0 atom stereocenters. The fraction of sp³-hybridized carbons (Fsp3) is 0. The minimum atomic E-state index is 0.744. The molecule has 0 bridgehead atoms. The fourth-order valence-electron chi connectivity index (χ4n) is 5.17. The van der Waals surface area contributed by atoms with Gasteiger partial charge in [0.2, 0.25) is 0 Å². The van der Waals surface area contributed by atoms with Crippen molar-refractivity contribution in [1.82, 2.24) is 9.97 Å². The van der Waals surface area contributed by atoms with Crippen LogP contribution in [-0.4, -0.2) is 9.97 Å². The van der Waals surface area contributed by atoms with Crippen LogP contribution in [0.5, 0.6) is 0 Å². The molecule has 0 N–H and O–H groups in total. The first-order chi connectivity index (χ1) is 19.8. The van der Waals surface area contributed by atoms with Crippen molar-refractivity contribution < 1.29 is 0 Å². The number of fused-ring (bicyclic) bond motifs is 1. The molecule has 40 heavy (non-hydrogen) atoms. The normalized spacial score (nSPS) is 11.0. The van der Waals surface area contributed by atoms with Crippen molar-refractivity contribution in [2.75, 3.05) is 0 Å². The second-order valence-electron chi connectivity index (χ2n) is 9.94. The minimum Gasteiger partial charge on any atom is -0.236 e.